The van der Waals surface area contributed by atoms with E-state index < -0.39 is 0 Å². The van der Waals surface area contributed by atoms with Crippen molar-refractivity contribution < 1.29 is 9.90 Å². The molecule has 2 aliphatic rings. The van der Waals surface area contributed by atoms with E-state index in [4.69, 9.17) is 0 Å². The molecule has 0 atom stereocenters. The molecule has 0 aliphatic carbocycles. The number of carbonyl (C=O) groups is 1. The van der Waals surface area contributed by atoms with Crippen LogP contribution in [0, 0.1) is 6.92 Å². The Morgan fingerprint density at radius 2 is 1.63 bits per heavy atom. The first-order valence-corrected chi connectivity index (χ1v) is 12.9. The normalized spacial score (nSPS) is 16.9. The van der Waals surface area contributed by atoms with Crippen LogP contribution in [-0.4, -0.2) is 71.2 Å². The highest BCUT2D eigenvalue weighted by Crippen LogP contribution is 2.25. The van der Waals surface area contributed by atoms with E-state index in [2.05, 4.69) is 56.7 Å². The number of hydrogen-bond acceptors (Lipinski definition) is 4. The van der Waals surface area contributed by atoms with Gasteiger partial charge in [-0.1, -0.05) is 30.3 Å². The first-order valence-electron chi connectivity index (χ1n) is 12.9. The third-order valence-electron chi connectivity index (χ3n) is 7.41. The van der Waals surface area contributed by atoms with Crippen LogP contribution < -0.4 is 4.90 Å². The molecule has 5 rings (SSSR count). The fourth-order valence-electron chi connectivity index (χ4n) is 5.52. The topological polar surface area (TPSA) is 52.0 Å². The molecule has 3 heterocycles. The van der Waals surface area contributed by atoms with Gasteiger partial charge in [0.25, 0.3) is 5.91 Å². The minimum absolute atomic E-state index is 0.207. The lowest BCUT2D eigenvalue weighted by molar-refractivity contribution is 0.0752. The number of amides is 1. The SMILES string of the molecule is Cc1cn(Cc2ccccc2)c2c1C(=O)N(CCCN1CCN(c3ccc(O)cc3)CC1)CCC2. The number of carbonyl (C=O) groups excluding carboxylic acids is 1. The summed E-state index contributed by atoms with van der Waals surface area (Å²) in [4.78, 5) is 20.5. The van der Waals surface area contributed by atoms with Gasteiger partial charge in [-0.2, -0.15) is 0 Å². The summed E-state index contributed by atoms with van der Waals surface area (Å²) >= 11 is 0. The summed E-state index contributed by atoms with van der Waals surface area (Å²) in [5.41, 5.74) is 5.66. The molecule has 1 fully saturated rings. The summed E-state index contributed by atoms with van der Waals surface area (Å²) in [6.07, 6.45) is 5.14. The summed E-state index contributed by atoms with van der Waals surface area (Å²) in [7, 11) is 0. The molecule has 6 heteroatoms. The standard InChI is InChI=1S/C29H36N4O2/c1-23-21-33(22-24-7-3-2-4-8-24)27-9-5-15-32(29(35)28(23)27)16-6-14-30-17-19-31(20-18-30)25-10-12-26(34)13-11-25/h2-4,7-8,10-13,21,34H,5-6,9,14-20,22H2,1H3. The molecule has 3 aromatic rings. The second-order valence-corrected chi connectivity index (χ2v) is 9.84. The van der Waals surface area contributed by atoms with Crippen LogP contribution in [0.15, 0.2) is 60.8 Å². The van der Waals surface area contributed by atoms with E-state index in [0.717, 1.165) is 82.7 Å². The molecule has 1 aromatic heterocycles. The number of phenolic OH excluding ortho intramolecular Hbond substituents is 1. The molecule has 2 aliphatic heterocycles. The van der Waals surface area contributed by atoms with Gasteiger partial charge in [0, 0.05) is 63.4 Å². The van der Waals surface area contributed by atoms with Crippen molar-refractivity contribution in [3.63, 3.8) is 0 Å². The zero-order chi connectivity index (χ0) is 24.2. The van der Waals surface area contributed by atoms with Crippen LogP contribution in [0.1, 0.15) is 40.0 Å². The van der Waals surface area contributed by atoms with E-state index in [1.54, 1.807) is 12.1 Å². The van der Waals surface area contributed by atoms with E-state index in [9.17, 15) is 9.90 Å². The number of fused-ring (bicyclic) bond motifs is 1. The van der Waals surface area contributed by atoms with Crippen LogP contribution in [0.2, 0.25) is 0 Å². The Hall–Kier alpha value is -3.25. The fourth-order valence-corrected chi connectivity index (χ4v) is 5.52. The molecule has 1 N–H and O–H groups in total. The summed E-state index contributed by atoms with van der Waals surface area (Å²) in [5, 5.41) is 9.51. The van der Waals surface area contributed by atoms with Crippen molar-refractivity contribution in [2.45, 2.75) is 32.7 Å². The molecule has 1 amide bonds. The average molecular weight is 473 g/mol. The molecule has 0 bridgehead atoms. The summed E-state index contributed by atoms with van der Waals surface area (Å²) in [6, 6.07) is 18.0. The molecular weight excluding hydrogens is 436 g/mol. The van der Waals surface area contributed by atoms with Crippen LogP contribution in [0.4, 0.5) is 5.69 Å². The summed E-state index contributed by atoms with van der Waals surface area (Å²) < 4.78 is 2.29. The van der Waals surface area contributed by atoms with Gasteiger partial charge in [0.1, 0.15) is 5.75 Å². The third kappa shape index (κ3) is 5.38. The number of benzene rings is 2. The first-order chi connectivity index (χ1) is 17.1. The highest BCUT2D eigenvalue weighted by atomic mass is 16.3. The quantitative estimate of drug-likeness (QED) is 0.561. The number of aryl methyl sites for hydroxylation is 1. The number of nitrogens with zero attached hydrogens (tertiary/aromatic N) is 4. The predicted octanol–water partition coefficient (Wildman–Crippen LogP) is 4.15. The Bertz CT molecular complexity index is 1130. The Morgan fingerprint density at radius 1 is 0.886 bits per heavy atom. The predicted molar refractivity (Wildman–Crippen MR) is 140 cm³/mol. The van der Waals surface area contributed by atoms with Gasteiger partial charge in [0.2, 0.25) is 0 Å². The molecule has 0 saturated carbocycles. The van der Waals surface area contributed by atoms with Crippen molar-refractivity contribution in [3.8, 4) is 5.75 Å². The number of anilines is 1. The zero-order valence-electron chi connectivity index (χ0n) is 20.7. The van der Waals surface area contributed by atoms with Crippen LogP contribution >= 0.6 is 0 Å². The molecule has 6 nitrogen and oxygen atoms in total. The van der Waals surface area contributed by atoms with E-state index in [1.165, 1.54) is 16.9 Å². The van der Waals surface area contributed by atoms with Gasteiger partial charge in [-0.15, -0.1) is 0 Å². The average Bonchev–Trinajstić information content (AvgIpc) is 3.07. The van der Waals surface area contributed by atoms with Gasteiger partial charge in [-0.25, -0.2) is 0 Å². The van der Waals surface area contributed by atoms with Crippen molar-refractivity contribution in [2.75, 3.05) is 50.7 Å². The van der Waals surface area contributed by atoms with Crippen LogP contribution in [0.5, 0.6) is 5.75 Å². The minimum Gasteiger partial charge on any atom is -0.508 e. The lowest BCUT2D eigenvalue weighted by atomic mass is 10.1. The number of aromatic hydroxyl groups is 1. The van der Waals surface area contributed by atoms with Crippen molar-refractivity contribution >= 4 is 11.6 Å². The molecule has 35 heavy (non-hydrogen) atoms. The number of aromatic nitrogens is 1. The largest absolute Gasteiger partial charge is 0.508 e. The maximum absolute atomic E-state index is 13.5. The smallest absolute Gasteiger partial charge is 0.255 e. The molecule has 0 radical (unpaired) electrons. The van der Waals surface area contributed by atoms with Gasteiger partial charge in [-0.05, 0) is 68.1 Å². The number of phenols is 1. The Balaban J connectivity index is 1.15. The fraction of sp³-hybridized carbons (Fsp3) is 0.414. The summed E-state index contributed by atoms with van der Waals surface area (Å²) in [5.74, 6) is 0.518. The minimum atomic E-state index is 0.207. The first kappa shape index (κ1) is 23.5. The van der Waals surface area contributed by atoms with Gasteiger partial charge >= 0.3 is 0 Å². The van der Waals surface area contributed by atoms with Crippen molar-refractivity contribution in [2.24, 2.45) is 0 Å². The molecule has 1 saturated heterocycles. The van der Waals surface area contributed by atoms with Crippen LogP contribution in [0.3, 0.4) is 0 Å². The molecule has 2 aromatic carbocycles. The van der Waals surface area contributed by atoms with Gasteiger partial charge < -0.3 is 19.5 Å². The maximum Gasteiger partial charge on any atom is 0.255 e. The molecule has 0 unspecified atom stereocenters. The lowest BCUT2D eigenvalue weighted by Crippen LogP contribution is -2.47. The maximum atomic E-state index is 13.5. The van der Waals surface area contributed by atoms with Crippen molar-refractivity contribution in [1.29, 1.82) is 0 Å². The molecule has 0 spiro atoms. The summed E-state index contributed by atoms with van der Waals surface area (Å²) in [6.45, 7) is 9.62. The highest BCUT2D eigenvalue weighted by molar-refractivity contribution is 5.97. The number of rotatable bonds is 7. The van der Waals surface area contributed by atoms with Gasteiger partial charge in [0.05, 0.1) is 5.56 Å². The zero-order valence-corrected chi connectivity index (χ0v) is 20.7. The van der Waals surface area contributed by atoms with Crippen LogP contribution in [0.25, 0.3) is 0 Å². The van der Waals surface area contributed by atoms with Gasteiger partial charge in [-0.3, -0.25) is 9.69 Å². The Morgan fingerprint density at radius 3 is 2.37 bits per heavy atom. The lowest BCUT2D eigenvalue weighted by Gasteiger charge is -2.36. The van der Waals surface area contributed by atoms with E-state index >= 15 is 0 Å². The van der Waals surface area contributed by atoms with Crippen LogP contribution in [-0.2, 0) is 13.0 Å². The highest BCUT2D eigenvalue weighted by Gasteiger charge is 2.27. The second-order valence-electron chi connectivity index (χ2n) is 9.84. The van der Waals surface area contributed by atoms with Crippen molar-refractivity contribution in [3.05, 3.63) is 83.2 Å². The second kappa shape index (κ2) is 10.6. The Labute approximate surface area is 208 Å². The van der Waals surface area contributed by atoms with E-state index in [1.807, 2.05) is 18.2 Å². The monoisotopic (exact) mass is 472 g/mol. The van der Waals surface area contributed by atoms with Gasteiger partial charge in [0.15, 0.2) is 0 Å². The third-order valence-corrected chi connectivity index (χ3v) is 7.41. The van der Waals surface area contributed by atoms with Crippen molar-refractivity contribution in [1.82, 2.24) is 14.4 Å². The van der Waals surface area contributed by atoms with E-state index in [0.29, 0.717) is 5.75 Å². The molecular formula is C29H36N4O2. The van der Waals surface area contributed by atoms with E-state index in [-0.39, 0.29) is 5.91 Å². The number of piperazine rings is 1. The number of hydrogen-bond donors (Lipinski definition) is 1. The molecule has 184 valence electrons. The Kier molecular flexibility index (Phi) is 7.09.